The van der Waals surface area contributed by atoms with Gasteiger partial charge in [-0.1, -0.05) is 69.6 Å². The molecule has 1 atom stereocenters. The first-order valence-electron chi connectivity index (χ1n) is 5.18. The van der Waals surface area contributed by atoms with Crippen LogP contribution in [0.2, 0.25) is 30.1 Å². The second-order valence-corrected chi connectivity index (χ2v) is 9.94. The van der Waals surface area contributed by atoms with Crippen molar-refractivity contribution in [3.05, 3.63) is 48.3 Å². The van der Waals surface area contributed by atoms with Gasteiger partial charge in [0.25, 0.3) is 0 Å². The molecule has 112 valence electrons. The van der Waals surface area contributed by atoms with Crippen molar-refractivity contribution >= 4 is 101 Å². The van der Waals surface area contributed by atoms with E-state index < -0.39 is 8.49 Å². The molecule has 0 aliphatic rings. The summed E-state index contributed by atoms with van der Waals surface area (Å²) in [5.74, 6) is 0. The monoisotopic (exact) mass is 454 g/mol. The number of halogens is 6. The third kappa shape index (κ3) is 3.62. The minimum absolute atomic E-state index is 0.101. The molecule has 21 heavy (non-hydrogen) atoms. The molecule has 0 fully saturated rings. The number of benzene rings is 2. The first-order chi connectivity index (χ1) is 9.75. The van der Waals surface area contributed by atoms with Crippen molar-refractivity contribution in [1.29, 1.82) is 0 Å². The van der Waals surface area contributed by atoms with Gasteiger partial charge in [-0.25, -0.2) is 0 Å². The summed E-state index contributed by atoms with van der Waals surface area (Å²) in [4.78, 5) is 0.746. The van der Waals surface area contributed by atoms with Gasteiger partial charge in [-0.2, -0.15) is 0 Å². The third-order valence-electron chi connectivity index (χ3n) is 2.61. The predicted molar refractivity (Wildman–Crippen MR) is 104 cm³/mol. The van der Waals surface area contributed by atoms with Gasteiger partial charge in [-0.05, 0) is 37.9 Å². The number of thiol groups is 1. The van der Waals surface area contributed by atoms with Gasteiger partial charge in [-0.3, -0.25) is 0 Å². The van der Waals surface area contributed by atoms with Crippen molar-refractivity contribution in [3.63, 3.8) is 0 Å². The minimum atomic E-state index is -0.752. The molecule has 0 bridgehead atoms. The highest BCUT2D eigenvalue weighted by atomic mass is 35.5. The summed E-state index contributed by atoms with van der Waals surface area (Å²) in [6.07, 6.45) is 0. The van der Waals surface area contributed by atoms with Gasteiger partial charge in [0.2, 0.25) is 0 Å². The maximum atomic E-state index is 6.28. The fourth-order valence-electron chi connectivity index (χ4n) is 1.69. The van der Waals surface area contributed by atoms with Crippen LogP contribution in [0.15, 0.2) is 23.1 Å². The molecule has 0 spiro atoms. The first kappa shape index (κ1) is 18.4. The van der Waals surface area contributed by atoms with E-state index in [1.165, 1.54) is 0 Å². The largest absolute Gasteiger partial charge is 0.102 e. The summed E-state index contributed by atoms with van der Waals surface area (Å²) in [7, 11) is -0.752. The van der Waals surface area contributed by atoms with Gasteiger partial charge >= 0.3 is 0 Å². The van der Waals surface area contributed by atoms with Crippen molar-refractivity contribution in [2.75, 3.05) is 0 Å². The Kier molecular flexibility index (Phi) is 6.44. The zero-order valence-electron chi connectivity index (χ0n) is 9.76. The van der Waals surface area contributed by atoms with Crippen LogP contribution in [0.5, 0.6) is 0 Å². The van der Waals surface area contributed by atoms with Gasteiger partial charge in [-0.15, -0.1) is 11.7 Å². The Morgan fingerprint density at radius 2 is 1.29 bits per heavy atom. The highest BCUT2D eigenvalue weighted by molar-refractivity contribution is 8.76. The summed E-state index contributed by atoms with van der Waals surface area (Å²) in [6, 6.07) is 5.17. The number of hydrogen-bond acceptors (Lipinski definition) is 1. The second kappa shape index (κ2) is 7.33. The summed E-state index contributed by atoms with van der Waals surface area (Å²) < 4.78 is 0. The third-order valence-corrected chi connectivity index (χ3v) is 6.98. The summed E-state index contributed by atoms with van der Waals surface area (Å²) in [5.41, 5.74) is 1.07. The van der Waals surface area contributed by atoms with Crippen molar-refractivity contribution < 1.29 is 0 Å². The fraction of sp³-hybridized carbons (Fsp3) is 0. The van der Waals surface area contributed by atoms with Crippen LogP contribution in [-0.4, -0.2) is 0 Å². The van der Waals surface area contributed by atoms with Crippen molar-refractivity contribution in [3.8, 4) is 11.1 Å². The van der Waals surface area contributed by atoms with E-state index in [0.717, 1.165) is 4.90 Å². The van der Waals surface area contributed by atoms with Gasteiger partial charge in [0.1, 0.15) is 0 Å². The Morgan fingerprint density at radius 1 is 0.810 bits per heavy atom. The van der Waals surface area contributed by atoms with E-state index in [-0.39, 0.29) is 25.1 Å². The zero-order valence-corrected chi connectivity index (χ0v) is 16.8. The number of rotatable bonds is 2. The summed E-state index contributed by atoms with van der Waals surface area (Å²) in [5, 5.41) is 1.22. The molecule has 0 N–H and O–H groups in total. The zero-order chi connectivity index (χ0) is 15.9. The Balaban J connectivity index is 2.92. The lowest BCUT2D eigenvalue weighted by molar-refractivity contribution is 1.45. The highest BCUT2D eigenvalue weighted by Crippen LogP contribution is 2.49. The number of hydrogen-bond donors (Lipinski definition) is 1. The average molecular weight is 457 g/mol. The van der Waals surface area contributed by atoms with E-state index in [4.69, 9.17) is 80.8 Å². The van der Waals surface area contributed by atoms with Crippen molar-refractivity contribution in [2.45, 2.75) is 4.90 Å². The molecule has 9 heteroatoms. The fourth-order valence-corrected chi connectivity index (χ4v) is 4.65. The van der Waals surface area contributed by atoms with Gasteiger partial charge in [0.05, 0.1) is 25.1 Å². The topological polar surface area (TPSA) is 0 Å². The van der Waals surface area contributed by atoms with Crippen LogP contribution in [-0.2, 0) is 19.7 Å². The normalized spacial score (nSPS) is 12.5. The smallest absolute Gasteiger partial charge is 0.0809 e. The Bertz CT molecular complexity index is 730. The van der Waals surface area contributed by atoms with Crippen LogP contribution in [0.4, 0.5) is 0 Å². The van der Waals surface area contributed by atoms with Gasteiger partial charge < -0.3 is 0 Å². The van der Waals surface area contributed by atoms with E-state index in [1.807, 2.05) is 0 Å². The molecule has 0 aliphatic heterocycles. The lowest BCUT2D eigenvalue weighted by atomic mass is 10.1. The lowest BCUT2D eigenvalue weighted by Crippen LogP contribution is -1.92. The quantitative estimate of drug-likeness (QED) is 0.210. The van der Waals surface area contributed by atoms with E-state index in [1.54, 1.807) is 18.2 Å². The van der Waals surface area contributed by atoms with Crippen LogP contribution in [0.3, 0.4) is 0 Å². The maximum absolute atomic E-state index is 6.28. The van der Waals surface area contributed by atoms with Crippen LogP contribution in [0.25, 0.3) is 11.1 Å². The van der Waals surface area contributed by atoms with Crippen molar-refractivity contribution in [2.24, 2.45) is 0 Å². The van der Waals surface area contributed by atoms with Crippen LogP contribution in [0, 0.1) is 0 Å². The Morgan fingerprint density at radius 3 is 1.76 bits per heavy atom. The van der Waals surface area contributed by atoms with Crippen LogP contribution in [0.1, 0.15) is 0 Å². The molecular weight excluding hydrogens is 453 g/mol. The Hall–Kier alpha value is 1.10. The average Bonchev–Trinajstić information content (AvgIpc) is 2.43. The van der Waals surface area contributed by atoms with E-state index in [0.29, 0.717) is 16.1 Å². The summed E-state index contributed by atoms with van der Waals surface area (Å²) in [6.45, 7) is 0. The molecule has 2 aromatic carbocycles. The molecule has 2 aromatic rings. The molecule has 0 saturated carbocycles. The van der Waals surface area contributed by atoms with Crippen molar-refractivity contribution in [1.82, 2.24) is 0 Å². The SMILES string of the molecule is S=S(S)c1ccc(Cl)cc1-c1c(Cl)c(Cl)c(Cl)c(Cl)c1Cl. The molecule has 2 rings (SSSR count). The molecule has 0 aliphatic carbocycles. The molecular formula is C12H4Cl6S3. The summed E-state index contributed by atoms with van der Waals surface area (Å²) >= 11 is 46.3. The van der Waals surface area contributed by atoms with Gasteiger partial charge in [0.15, 0.2) is 0 Å². The van der Waals surface area contributed by atoms with E-state index >= 15 is 0 Å². The second-order valence-electron chi connectivity index (χ2n) is 3.83. The minimum Gasteiger partial charge on any atom is -0.102 e. The van der Waals surface area contributed by atoms with Gasteiger partial charge in [0, 0.05) is 21.0 Å². The highest BCUT2D eigenvalue weighted by Gasteiger charge is 2.22. The molecule has 0 nitrogen and oxygen atoms in total. The molecule has 1 unspecified atom stereocenters. The lowest BCUT2D eigenvalue weighted by Gasteiger charge is -2.16. The first-order valence-corrected chi connectivity index (χ1v) is 10.6. The molecule has 0 heterocycles. The molecule has 0 saturated heterocycles. The molecule has 0 aromatic heterocycles. The Labute approximate surface area is 164 Å². The maximum Gasteiger partial charge on any atom is 0.0809 e. The van der Waals surface area contributed by atoms with E-state index in [9.17, 15) is 0 Å². The predicted octanol–water partition coefficient (Wildman–Crippen LogP) is 7.56. The molecule has 0 radical (unpaired) electrons. The molecule has 0 amide bonds. The van der Waals surface area contributed by atoms with Crippen LogP contribution < -0.4 is 0 Å². The van der Waals surface area contributed by atoms with Crippen LogP contribution >= 0.6 is 81.3 Å². The van der Waals surface area contributed by atoms with E-state index in [2.05, 4.69) is 11.7 Å². The standard InChI is InChI=1S/C12H4Cl6S3/c13-4-1-2-6(21(19)20)5(3-4)7-8(14)10(16)12(18)11(17)9(7)15/h1-3H,(H,19,20).